The number of hydrogen-bond donors (Lipinski definition) is 1. The Morgan fingerprint density at radius 2 is 1.76 bits per heavy atom. The van der Waals surface area contributed by atoms with Crippen LogP contribution in [0.3, 0.4) is 0 Å². The summed E-state index contributed by atoms with van der Waals surface area (Å²) in [6, 6.07) is 11.1. The minimum atomic E-state index is -3.62. The number of hydrogen-bond acceptors (Lipinski definition) is 3. The molecule has 0 fully saturated rings. The molecule has 1 amide bonds. The van der Waals surface area contributed by atoms with Crippen molar-refractivity contribution < 1.29 is 17.6 Å². The van der Waals surface area contributed by atoms with E-state index in [2.05, 4.69) is 5.32 Å². The quantitative estimate of drug-likeness (QED) is 0.857. The first kappa shape index (κ1) is 18.9. The molecule has 0 heterocycles. The fourth-order valence-electron chi connectivity index (χ4n) is 2.38. The van der Waals surface area contributed by atoms with E-state index in [1.807, 2.05) is 19.9 Å². The molecule has 134 valence electrons. The Hall–Kier alpha value is -2.41. The first-order valence-corrected chi connectivity index (χ1v) is 9.58. The number of benzene rings is 2. The highest BCUT2D eigenvalue weighted by molar-refractivity contribution is 7.92. The summed E-state index contributed by atoms with van der Waals surface area (Å²) in [6.45, 7) is 3.58. The van der Waals surface area contributed by atoms with Crippen LogP contribution in [0.15, 0.2) is 42.5 Å². The zero-order chi connectivity index (χ0) is 18.6. The summed E-state index contributed by atoms with van der Waals surface area (Å²) < 4.78 is 38.3. The zero-order valence-corrected chi connectivity index (χ0v) is 15.2. The van der Waals surface area contributed by atoms with Crippen molar-refractivity contribution in [2.75, 3.05) is 17.1 Å². The highest BCUT2D eigenvalue weighted by atomic mass is 32.2. The Kier molecular flexibility index (Phi) is 5.79. The third kappa shape index (κ3) is 5.03. The van der Waals surface area contributed by atoms with E-state index in [0.29, 0.717) is 5.69 Å². The van der Waals surface area contributed by atoms with Crippen LogP contribution in [0, 0.1) is 19.7 Å². The monoisotopic (exact) mass is 364 g/mol. The number of aryl methyl sites for hydroxylation is 1. The number of sulfonamides is 1. The van der Waals surface area contributed by atoms with Crippen LogP contribution >= 0.6 is 0 Å². The van der Waals surface area contributed by atoms with E-state index in [-0.39, 0.29) is 18.9 Å². The summed E-state index contributed by atoms with van der Waals surface area (Å²) in [4.78, 5) is 12.2. The lowest BCUT2D eigenvalue weighted by Crippen LogP contribution is -2.40. The first-order chi connectivity index (χ1) is 11.7. The van der Waals surface area contributed by atoms with Crippen molar-refractivity contribution in [3.8, 4) is 0 Å². The number of rotatable bonds is 6. The lowest BCUT2D eigenvalue weighted by atomic mass is 10.1. The van der Waals surface area contributed by atoms with Gasteiger partial charge in [-0.3, -0.25) is 9.10 Å². The Balaban J connectivity index is 2.13. The van der Waals surface area contributed by atoms with E-state index in [4.69, 9.17) is 0 Å². The number of amides is 1. The van der Waals surface area contributed by atoms with E-state index in [9.17, 15) is 17.6 Å². The fraction of sp³-hybridized carbons (Fsp3) is 0.278. The zero-order valence-electron chi connectivity index (χ0n) is 14.4. The maximum Gasteiger partial charge on any atom is 0.241 e. The molecule has 0 atom stereocenters. The number of carbonyl (C=O) groups excluding carboxylic acids is 1. The third-order valence-electron chi connectivity index (χ3n) is 3.94. The summed E-state index contributed by atoms with van der Waals surface area (Å²) in [7, 11) is -3.62. The van der Waals surface area contributed by atoms with Crippen LogP contribution in [0.5, 0.6) is 0 Å². The van der Waals surface area contributed by atoms with Crippen molar-refractivity contribution >= 4 is 21.6 Å². The molecule has 0 saturated carbocycles. The van der Waals surface area contributed by atoms with Crippen LogP contribution in [-0.4, -0.2) is 27.1 Å². The molecule has 2 aromatic carbocycles. The Bertz CT molecular complexity index is 864. The molecular weight excluding hydrogens is 343 g/mol. The standard InChI is InChI=1S/C18H21FN2O3S/c1-13-5-4-6-17(14(13)2)21(25(3,23)24)12-18(22)20-11-15-7-9-16(19)10-8-15/h4-10H,11-12H2,1-3H3,(H,20,22). The van der Waals surface area contributed by atoms with Crippen LogP contribution in [0.25, 0.3) is 0 Å². The number of carbonyl (C=O) groups is 1. The molecule has 0 unspecified atom stereocenters. The summed E-state index contributed by atoms with van der Waals surface area (Å²) in [5, 5.41) is 2.66. The van der Waals surface area contributed by atoms with Gasteiger partial charge in [0.2, 0.25) is 15.9 Å². The minimum absolute atomic E-state index is 0.198. The predicted octanol–water partition coefficient (Wildman–Crippen LogP) is 2.52. The van der Waals surface area contributed by atoms with Gasteiger partial charge in [0.05, 0.1) is 11.9 Å². The second kappa shape index (κ2) is 7.65. The van der Waals surface area contributed by atoms with Crippen molar-refractivity contribution in [3.05, 3.63) is 65.0 Å². The van der Waals surface area contributed by atoms with Crippen LogP contribution in [0.2, 0.25) is 0 Å². The highest BCUT2D eigenvalue weighted by Crippen LogP contribution is 2.24. The molecule has 0 aromatic heterocycles. The molecule has 25 heavy (non-hydrogen) atoms. The van der Waals surface area contributed by atoms with E-state index in [1.54, 1.807) is 24.3 Å². The Labute approximate surface area is 147 Å². The van der Waals surface area contributed by atoms with Gasteiger partial charge in [-0.1, -0.05) is 24.3 Å². The Morgan fingerprint density at radius 3 is 2.36 bits per heavy atom. The van der Waals surface area contributed by atoms with Gasteiger partial charge in [0.15, 0.2) is 0 Å². The molecule has 0 saturated heterocycles. The molecule has 1 N–H and O–H groups in total. The van der Waals surface area contributed by atoms with Gasteiger partial charge in [-0.25, -0.2) is 12.8 Å². The summed E-state index contributed by atoms with van der Waals surface area (Å²) in [5.74, 6) is -0.788. The van der Waals surface area contributed by atoms with E-state index >= 15 is 0 Å². The lowest BCUT2D eigenvalue weighted by Gasteiger charge is -2.24. The lowest BCUT2D eigenvalue weighted by molar-refractivity contribution is -0.119. The average molecular weight is 364 g/mol. The molecule has 0 spiro atoms. The predicted molar refractivity (Wildman–Crippen MR) is 96.4 cm³/mol. The average Bonchev–Trinajstić information content (AvgIpc) is 2.54. The molecule has 7 heteroatoms. The van der Waals surface area contributed by atoms with E-state index in [1.165, 1.54) is 12.1 Å². The van der Waals surface area contributed by atoms with Crippen molar-refractivity contribution in [2.45, 2.75) is 20.4 Å². The maximum atomic E-state index is 12.9. The van der Waals surface area contributed by atoms with E-state index in [0.717, 1.165) is 27.3 Å². The molecule has 0 radical (unpaired) electrons. The SMILES string of the molecule is Cc1cccc(N(CC(=O)NCc2ccc(F)cc2)S(C)(=O)=O)c1C. The number of nitrogens with one attached hydrogen (secondary N) is 1. The van der Waals surface area contributed by atoms with Crippen molar-refractivity contribution in [2.24, 2.45) is 0 Å². The first-order valence-electron chi connectivity index (χ1n) is 7.73. The molecule has 5 nitrogen and oxygen atoms in total. The number of halogens is 1. The fourth-order valence-corrected chi connectivity index (χ4v) is 3.28. The van der Waals surface area contributed by atoms with Crippen LogP contribution in [-0.2, 0) is 21.4 Å². The minimum Gasteiger partial charge on any atom is -0.350 e. The topological polar surface area (TPSA) is 66.5 Å². The van der Waals surface area contributed by atoms with Gasteiger partial charge < -0.3 is 5.32 Å². The van der Waals surface area contributed by atoms with Gasteiger partial charge in [0.25, 0.3) is 0 Å². The molecule has 2 aromatic rings. The highest BCUT2D eigenvalue weighted by Gasteiger charge is 2.22. The van der Waals surface area contributed by atoms with Crippen molar-refractivity contribution in [1.82, 2.24) is 5.32 Å². The van der Waals surface area contributed by atoms with E-state index < -0.39 is 15.9 Å². The van der Waals surface area contributed by atoms with Gasteiger partial charge in [0.1, 0.15) is 12.4 Å². The summed E-state index contributed by atoms with van der Waals surface area (Å²) in [5.41, 5.74) is 2.96. The normalized spacial score (nSPS) is 11.2. The van der Waals surface area contributed by atoms with Crippen LogP contribution in [0.4, 0.5) is 10.1 Å². The van der Waals surface area contributed by atoms with Crippen LogP contribution in [0.1, 0.15) is 16.7 Å². The second-order valence-electron chi connectivity index (χ2n) is 5.89. The Morgan fingerprint density at radius 1 is 1.12 bits per heavy atom. The van der Waals surface area contributed by atoms with Gasteiger partial charge >= 0.3 is 0 Å². The van der Waals surface area contributed by atoms with Crippen molar-refractivity contribution in [3.63, 3.8) is 0 Å². The van der Waals surface area contributed by atoms with Crippen LogP contribution < -0.4 is 9.62 Å². The second-order valence-corrected chi connectivity index (χ2v) is 7.80. The molecule has 0 aliphatic heterocycles. The summed E-state index contributed by atoms with van der Waals surface area (Å²) in [6.07, 6.45) is 1.07. The molecular formula is C18H21FN2O3S. The van der Waals surface area contributed by atoms with Gasteiger partial charge in [-0.05, 0) is 48.7 Å². The van der Waals surface area contributed by atoms with Gasteiger partial charge in [-0.2, -0.15) is 0 Å². The third-order valence-corrected chi connectivity index (χ3v) is 5.06. The number of nitrogens with zero attached hydrogens (tertiary/aromatic N) is 1. The molecule has 2 rings (SSSR count). The molecule has 0 aliphatic carbocycles. The van der Waals surface area contributed by atoms with Gasteiger partial charge in [0, 0.05) is 6.54 Å². The maximum absolute atomic E-state index is 12.9. The van der Waals surface area contributed by atoms with Gasteiger partial charge in [-0.15, -0.1) is 0 Å². The molecule has 0 aliphatic rings. The summed E-state index contributed by atoms with van der Waals surface area (Å²) >= 11 is 0. The number of anilines is 1. The molecule has 0 bridgehead atoms. The smallest absolute Gasteiger partial charge is 0.241 e. The van der Waals surface area contributed by atoms with Crippen molar-refractivity contribution in [1.29, 1.82) is 0 Å². The largest absolute Gasteiger partial charge is 0.350 e.